The van der Waals surface area contributed by atoms with Crippen LogP contribution in [0.4, 0.5) is 4.39 Å². The van der Waals surface area contributed by atoms with E-state index < -0.39 is 5.82 Å². The Labute approximate surface area is 118 Å². The van der Waals surface area contributed by atoms with E-state index in [9.17, 15) is 9.18 Å². The molecule has 0 aliphatic heterocycles. The van der Waals surface area contributed by atoms with Gasteiger partial charge in [0.05, 0.1) is 0 Å². The molecular formula is C14H9BrClFO. The molecule has 0 atom stereocenters. The smallest absolute Gasteiger partial charge is 0.194 e. The first-order chi connectivity index (χ1) is 8.49. The average molecular weight is 328 g/mol. The molecule has 4 heteroatoms. The first kappa shape index (κ1) is 13.2. The van der Waals surface area contributed by atoms with Crippen molar-refractivity contribution in [3.63, 3.8) is 0 Å². The average Bonchev–Trinajstić information content (AvgIpc) is 2.34. The summed E-state index contributed by atoms with van der Waals surface area (Å²) in [5.41, 5.74) is 1.50. The fourth-order valence-electron chi connectivity index (χ4n) is 1.66. The van der Waals surface area contributed by atoms with Crippen molar-refractivity contribution in [2.75, 3.05) is 0 Å². The van der Waals surface area contributed by atoms with Crippen LogP contribution < -0.4 is 0 Å². The second kappa shape index (κ2) is 5.21. The Morgan fingerprint density at radius 3 is 2.61 bits per heavy atom. The summed E-state index contributed by atoms with van der Waals surface area (Å²) in [6.45, 7) is 1.77. The van der Waals surface area contributed by atoms with Crippen molar-refractivity contribution in [3.8, 4) is 0 Å². The Morgan fingerprint density at radius 2 is 1.89 bits per heavy atom. The van der Waals surface area contributed by atoms with Gasteiger partial charge in [0.15, 0.2) is 5.78 Å². The number of hydrogen-bond acceptors (Lipinski definition) is 1. The Hall–Kier alpha value is -1.19. The molecule has 0 radical (unpaired) electrons. The molecule has 0 saturated heterocycles. The summed E-state index contributed by atoms with van der Waals surface area (Å²) in [5.74, 6) is -0.677. The van der Waals surface area contributed by atoms with Gasteiger partial charge in [-0.3, -0.25) is 4.79 Å². The van der Waals surface area contributed by atoms with E-state index in [0.29, 0.717) is 20.6 Å². The molecule has 0 aliphatic carbocycles. The second-order valence-corrected chi connectivity index (χ2v) is 5.20. The molecule has 0 amide bonds. The summed E-state index contributed by atoms with van der Waals surface area (Å²) in [6.07, 6.45) is 0. The van der Waals surface area contributed by atoms with Crippen molar-refractivity contribution in [1.82, 2.24) is 0 Å². The van der Waals surface area contributed by atoms with Crippen molar-refractivity contribution < 1.29 is 9.18 Å². The van der Waals surface area contributed by atoms with E-state index in [1.54, 1.807) is 31.2 Å². The van der Waals surface area contributed by atoms with Gasteiger partial charge in [0.2, 0.25) is 0 Å². The first-order valence-electron chi connectivity index (χ1n) is 5.25. The molecule has 0 aliphatic rings. The number of aryl methyl sites for hydroxylation is 1. The largest absolute Gasteiger partial charge is 0.289 e. The highest BCUT2D eigenvalue weighted by Gasteiger charge is 2.15. The van der Waals surface area contributed by atoms with Gasteiger partial charge in [-0.2, -0.15) is 0 Å². The van der Waals surface area contributed by atoms with Crippen molar-refractivity contribution in [2.45, 2.75) is 6.92 Å². The lowest BCUT2D eigenvalue weighted by Crippen LogP contribution is -2.05. The molecule has 92 valence electrons. The van der Waals surface area contributed by atoms with Crippen LogP contribution in [0.2, 0.25) is 5.02 Å². The van der Waals surface area contributed by atoms with Gasteiger partial charge < -0.3 is 0 Å². The monoisotopic (exact) mass is 326 g/mol. The van der Waals surface area contributed by atoms with Crippen LogP contribution in [0.3, 0.4) is 0 Å². The number of carbonyl (C=O) groups is 1. The van der Waals surface area contributed by atoms with E-state index in [4.69, 9.17) is 11.6 Å². The standard InChI is InChI=1S/C14H9BrClFO/c1-8-2-4-10(17)7-11(8)14(18)12-6-9(16)3-5-13(12)15/h2-7H,1H3. The van der Waals surface area contributed by atoms with Crippen LogP contribution in [0.25, 0.3) is 0 Å². The number of hydrogen-bond donors (Lipinski definition) is 0. The van der Waals surface area contributed by atoms with Gasteiger partial charge in [0, 0.05) is 20.6 Å². The predicted molar refractivity (Wildman–Crippen MR) is 73.7 cm³/mol. The molecule has 2 aromatic carbocycles. The number of ketones is 1. The van der Waals surface area contributed by atoms with Gasteiger partial charge in [0.1, 0.15) is 5.82 Å². The lowest BCUT2D eigenvalue weighted by Gasteiger charge is -2.07. The van der Waals surface area contributed by atoms with Crippen LogP contribution in [0, 0.1) is 12.7 Å². The number of benzene rings is 2. The molecule has 0 spiro atoms. The van der Waals surface area contributed by atoms with Crippen molar-refractivity contribution >= 4 is 33.3 Å². The number of halogens is 3. The highest BCUT2D eigenvalue weighted by Crippen LogP contribution is 2.25. The third-order valence-electron chi connectivity index (χ3n) is 2.62. The van der Waals surface area contributed by atoms with E-state index in [1.165, 1.54) is 12.1 Å². The van der Waals surface area contributed by atoms with E-state index in [1.807, 2.05) is 0 Å². The molecule has 0 saturated carbocycles. The van der Waals surface area contributed by atoms with Crippen molar-refractivity contribution in [1.29, 1.82) is 0 Å². The maximum atomic E-state index is 13.2. The van der Waals surface area contributed by atoms with Crippen LogP contribution in [-0.2, 0) is 0 Å². The van der Waals surface area contributed by atoms with E-state index >= 15 is 0 Å². The minimum atomic E-state index is -0.429. The Morgan fingerprint density at radius 1 is 1.17 bits per heavy atom. The van der Waals surface area contributed by atoms with Gasteiger partial charge in [-0.25, -0.2) is 4.39 Å². The molecular weight excluding hydrogens is 319 g/mol. The molecule has 0 unspecified atom stereocenters. The van der Waals surface area contributed by atoms with Gasteiger partial charge in [0.25, 0.3) is 0 Å². The number of rotatable bonds is 2. The fraction of sp³-hybridized carbons (Fsp3) is 0.0714. The molecule has 0 heterocycles. The molecule has 2 rings (SSSR count). The zero-order valence-electron chi connectivity index (χ0n) is 9.51. The van der Waals surface area contributed by atoms with Crippen LogP contribution in [0.1, 0.15) is 21.5 Å². The van der Waals surface area contributed by atoms with Crippen LogP contribution in [0.5, 0.6) is 0 Å². The number of carbonyl (C=O) groups excluding carboxylic acids is 1. The maximum absolute atomic E-state index is 13.2. The van der Waals surface area contributed by atoms with Crippen LogP contribution in [-0.4, -0.2) is 5.78 Å². The summed E-state index contributed by atoms with van der Waals surface area (Å²) >= 11 is 9.17. The fourth-order valence-corrected chi connectivity index (χ4v) is 2.25. The van der Waals surface area contributed by atoms with Crippen LogP contribution >= 0.6 is 27.5 Å². The van der Waals surface area contributed by atoms with Crippen molar-refractivity contribution in [3.05, 3.63) is 68.4 Å². The lowest BCUT2D eigenvalue weighted by molar-refractivity contribution is 0.103. The first-order valence-corrected chi connectivity index (χ1v) is 6.42. The summed E-state index contributed by atoms with van der Waals surface area (Å²) in [7, 11) is 0. The molecule has 0 bridgehead atoms. The Balaban J connectivity index is 2.54. The zero-order valence-corrected chi connectivity index (χ0v) is 11.8. The highest BCUT2D eigenvalue weighted by molar-refractivity contribution is 9.10. The second-order valence-electron chi connectivity index (χ2n) is 3.91. The van der Waals surface area contributed by atoms with Crippen molar-refractivity contribution in [2.24, 2.45) is 0 Å². The van der Waals surface area contributed by atoms with E-state index in [2.05, 4.69) is 15.9 Å². The predicted octanol–water partition coefficient (Wildman–Crippen LogP) is 4.78. The Kier molecular flexibility index (Phi) is 3.83. The normalized spacial score (nSPS) is 10.4. The molecule has 2 aromatic rings. The topological polar surface area (TPSA) is 17.1 Å². The minimum Gasteiger partial charge on any atom is -0.289 e. The Bertz CT molecular complexity index is 572. The molecule has 18 heavy (non-hydrogen) atoms. The molecule has 0 aromatic heterocycles. The van der Waals surface area contributed by atoms with Gasteiger partial charge in [-0.05, 0) is 42.8 Å². The van der Waals surface area contributed by atoms with Gasteiger partial charge in [-0.15, -0.1) is 0 Å². The summed E-state index contributed by atoms with van der Waals surface area (Å²) < 4.78 is 13.9. The summed E-state index contributed by atoms with van der Waals surface area (Å²) in [6, 6.07) is 9.11. The zero-order chi connectivity index (χ0) is 13.3. The SMILES string of the molecule is Cc1ccc(F)cc1C(=O)c1cc(Cl)ccc1Br. The maximum Gasteiger partial charge on any atom is 0.194 e. The summed E-state index contributed by atoms with van der Waals surface area (Å²) in [4.78, 5) is 12.3. The minimum absolute atomic E-state index is 0.249. The lowest BCUT2D eigenvalue weighted by atomic mass is 9.99. The van der Waals surface area contributed by atoms with Gasteiger partial charge in [-0.1, -0.05) is 33.6 Å². The highest BCUT2D eigenvalue weighted by atomic mass is 79.9. The third-order valence-corrected chi connectivity index (χ3v) is 3.54. The third kappa shape index (κ3) is 2.62. The quantitative estimate of drug-likeness (QED) is 0.725. The van der Waals surface area contributed by atoms with Crippen LogP contribution in [0.15, 0.2) is 40.9 Å². The van der Waals surface area contributed by atoms with E-state index in [0.717, 1.165) is 5.56 Å². The molecule has 0 N–H and O–H groups in total. The molecule has 1 nitrogen and oxygen atoms in total. The van der Waals surface area contributed by atoms with Gasteiger partial charge >= 0.3 is 0 Å². The summed E-state index contributed by atoms with van der Waals surface area (Å²) in [5, 5.41) is 0.468. The van der Waals surface area contributed by atoms with E-state index in [-0.39, 0.29) is 5.78 Å². The molecule has 0 fully saturated rings.